The molecule has 0 saturated carbocycles. The highest BCUT2D eigenvalue weighted by Crippen LogP contribution is 2.42. The number of carbonyl (C=O) groups excluding carboxylic acids is 1. The van der Waals surface area contributed by atoms with E-state index in [1.54, 1.807) is 7.05 Å². The molecule has 0 radical (unpaired) electrons. The first kappa shape index (κ1) is 29.2. The van der Waals surface area contributed by atoms with Gasteiger partial charge in [0.25, 0.3) is 0 Å². The molecule has 11 nitrogen and oxygen atoms in total. The molecule has 4 rings (SSSR count). The highest BCUT2D eigenvalue weighted by Gasteiger charge is 2.51. The maximum absolute atomic E-state index is 13.9. The Morgan fingerprint density at radius 3 is 2.66 bits per heavy atom. The van der Waals surface area contributed by atoms with E-state index in [9.17, 15) is 29.6 Å². The first-order valence-corrected chi connectivity index (χ1v) is 13.6. The number of amides is 1. The van der Waals surface area contributed by atoms with Crippen LogP contribution in [0.3, 0.4) is 0 Å². The minimum absolute atomic E-state index is 0.163. The number of aromatic nitrogens is 3. The van der Waals surface area contributed by atoms with Crippen LogP contribution < -0.4 is 0 Å². The van der Waals surface area contributed by atoms with Crippen LogP contribution in [-0.4, -0.2) is 114 Å². The number of benzene rings is 1. The van der Waals surface area contributed by atoms with E-state index < -0.39 is 53.1 Å². The Morgan fingerprint density at radius 2 is 2.03 bits per heavy atom. The maximum Gasteiger partial charge on any atom is 0.238 e. The fourth-order valence-electron chi connectivity index (χ4n) is 4.64. The maximum atomic E-state index is 13.9. The smallest absolute Gasteiger partial charge is 0.238 e. The molecule has 38 heavy (non-hydrogen) atoms. The summed E-state index contributed by atoms with van der Waals surface area (Å²) in [6.45, 7) is 2.19. The monoisotopic (exact) mass is 574 g/mol. The van der Waals surface area contributed by atoms with E-state index in [-0.39, 0.29) is 42.7 Å². The van der Waals surface area contributed by atoms with Gasteiger partial charge in [-0.25, -0.2) is 9.07 Å². The van der Waals surface area contributed by atoms with Crippen molar-refractivity contribution in [2.75, 3.05) is 33.4 Å². The third-order valence-electron chi connectivity index (χ3n) is 7.01. The van der Waals surface area contributed by atoms with Crippen LogP contribution in [0.1, 0.15) is 25.8 Å². The molecule has 1 aromatic heterocycles. The van der Waals surface area contributed by atoms with Gasteiger partial charge in [-0.3, -0.25) is 4.79 Å². The molecule has 14 heteroatoms. The van der Waals surface area contributed by atoms with Crippen LogP contribution in [0.25, 0.3) is 11.3 Å². The molecule has 2 aromatic rings. The van der Waals surface area contributed by atoms with Gasteiger partial charge < -0.3 is 34.8 Å². The normalized spacial score (nSPS) is 28.2. The van der Waals surface area contributed by atoms with Crippen LogP contribution in [0, 0.1) is 5.82 Å². The summed E-state index contributed by atoms with van der Waals surface area (Å²) in [7, 11) is 1.62. The second-order valence-corrected chi connectivity index (χ2v) is 11.2. The van der Waals surface area contributed by atoms with Crippen molar-refractivity contribution in [2.45, 2.75) is 60.4 Å². The molecule has 2 fully saturated rings. The van der Waals surface area contributed by atoms with Crippen molar-refractivity contribution in [2.24, 2.45) is 0 Å². The predicted octanol–water partition coefficient (Wildman–Crippen LogP) is 0.839. The van der Waals surface area contributed by atoms with Gasteiger partial charge in [-0.15, -0.1) is 16.9 Å². The average molecular weight is 575 g/mol. The van der Waals surface area contributed by atoms with Crippen LogP contribution in [0.5, 0.6) is 0 Å². The molecule has 0 spiro atoms. The SMILES string of the molecule is CCN(C)C(=O)[C@@H](S[C@@H]1O[C@H](CO)[C@H](O)[C@H](n2cc(-c3cc(F)cc(Cl)c3)nn2)[C@H]1O)C1(O)CCOCC1. The minimum atomic E-state index is -1.42. The molecule has 3 heterocycles. The third kappa shape index (κ3) is 5.99. The van der Waals surface area contributed by atoms with Gasteiger partial charge in [-0.05, 0) is 25.1 Å². The van der Waals surface area contributed by atoms with Gasteiger partial charge in [0.15, 0.2) is 0 Å². The number of halogens is 2. The van der Waals surface area contributed by atoms with E-state index in [0.717, 1.165) is 17.8 Å². The Morgan fingerprint density at radius 1 is 1.32 bits per heavy atom. The van der Waals surface area contributed by atoms with Gasteiger partial charge in [-0.2, -0.15) is 0 Å². The quantitative estimate of drug-likeness (QED) is 0.357. The van der Waals surface area contributed by atoms with Gasteiger partial charge in [-0.1, -0.05) is 16.8 Å². The predicted molar refractivity (Wildman–Crippen MR) is 137 cm³/mol. The Balaban J connectivity index is 1.64. The number of rotatable bonds is 8. The van der Waals surface area contributed by atoms with Gasteiger partial charge in [0, 0.05) is 50.2 Å². The van der Waals surface area contributed by atoms with Crippen molar-refractivity contribution in [1.82, 2.24) is 19.9 Å². The zero-order valence-electron chi connectivity index (χ0n) is 21.0. The van der Waals surface area contributed by atoms with Crippen molar-refractivity contribution in [3.63, 3.8) is 0 Å². The molecule has 6 atom stereocenters. The fourth-order valence-corrected chi connectivity index (χ4v) is 6.45. The Hall–Kier alpha value is -1.84. The molecule has 0 unspecified atom stereocenters. The summed E-state index contributed by atoms with van der Waals surface area (Å²) in [6.07, 6.45) is -2.08. The zero-order chi connectivity index (χ0) is 27.6. The molecular formula is C24H32ClFN4O7S. The lowest BCUT2D eigenvalue weighted by atomic mass is 9.89. The summed E-state index contributed by atoms with van der Waals surface area (Å²) in [5, 5.41) is 50.9. The highest BCUT2D eigenvalue weighted by molar-refractivity contribution is 8.01. The van der Waals surface area contributed by atoms with E-state index in [2.05, 4.69) is 10.3 Å². The first-order valence-electron chi connectivity index (χ1n) is 12.3. The van der Waals surface area contributed by atoms with Crippen molar-refractivity contribution in [3.05, 3.63) is 35.2 Å². The molecule has 2 aliphatic heterocycles. The van der Waals surface area contributed by atoms with Crippen LogP contribution in [-0.2, 0) is 14.3 Å². The Bertz CT molecular complexity index is 1100. The van der Waals surface area contributed by atoms with E-state index >= 15 is 0 Å². The topological polar surface area (TPSA) is 150 Å². The Labute approximate surface area is 228 Å². The molecule has 1 aromatic carbocycles. The molecule has 0 aliphatic carbocycles. The van der Waals surface area contributed by atoms with Crippen molar-refractivity contribution in [1.29, 1.82) is 0 Å². The molecular weight excluding hydrogens is 543 g/mol. The summed E-state index contributed by atoms with van der Waals surface area (Å²) in [4.78, 5) is 14.8. The molecule has 210 valence electrons. The number of nitrogens with zero attached hydrogens (tertiary/aromatic N) is 4. The van der Waals surface area contributed by atoms with Crippen molar-refractivity contribution < 1.29 is 39.1 Å². The van der Waals surface area contributed by atoms with Gasteiger partial charge >= 0.3 is 0 Å². The first-order chi connectivity index (χ1) is 18.1. The van der Waals surface area contributed by atoms with Gasteiger partial charge in [0.05, 0.1) is 18.4 Å². The van der Waals surface area contributed by atoms with E-state index in [1.807, 2.05) is 6.92 Å². The lowest BCUT2D eigenvalue weighted by Gasteiger charge is -2.45. The Kier molecular flexibility index (Phi) is 9.30. The minimum Gasteiger partial charge on any atom is -0.394 e. The number of thioether (sulfide) groups is 1. The summed E-state index contributed by atoms with van der Waals surface area (Å²) >= 11 is 6.90. The number of ether oxygens (including phenoxy) is 2. The summed E-state index contributed by atoms with van der Waals surface area (Å²) in [5.41, 5.74) is -1.94. The van der Waals surface area contributed by atoms with Crippen molar-refractivity contribution in [3.8, 4) is 11.3 Å². The molecule has 4 N–H and O–H groups in total. The largest absolute Gasteiger partial charge is 0.394 e. The highest BCUT2D eigenvalue weighted by atomic mass is 35.5. The van der Waals surface area contributed by atoms with E-state index in [0.29, 0.717) is 12.1 Å². The number of carbonyl (C=O) groups is 1. The lowest BCUT2D eigenvalue weighted by Crippen LogP contribution is -2.58. The van der Waals surface area contributed by atoms with Crippen LogP contribution in [0.4, 0.5) is 4.39 Å². The summed E-state index contributed by atoms with van der Waals surface area (Å²) < 4.78 is 26.3. The second-order valence-electron chi connectivity index (χ2n) is 9.52. The zero-order valence-corrected chi connectivity index (χ0v) is 22.6. The van der Waals surface area contributed by atoms with E-state index in [1.165, 1.54) is 27.9 Å². The van der Waals surface area contributed by atoms with Crippen LogP contribution >= 0.6 is 23.4 Å². The van der Waals surface area contributed by atoms with Gasteiger partial charge in [0.2, 0.25) is 5.91 Å². The second kappa shape index (κ2) is 12.1. The number of hydrogen-bond acceptors (Lipinski definition) is 10. The summed E-state index contributed by atoms with van der Waals surface area (Å²) in [6, 6.07) is 2.74. The average Bonchev–Trinajstić information content (AvgIpc) is 3.37. The lowest BCUT2D eigenvalue weighted by molar-refractivity contribution is -0.179. The molecule has 2 saturated heterocycles. The molecule has 0 bridgehead atoms. The van der Waals surface area contributed by atoms with Crippen LogP contribution in [0.2, 0.25) is 5.02 Å². The molecule has 2 aliphatic rings. The molecule has 1 amide bonds. The van der Waals surface area contributed by atoms with Crippen molar-refractivity contribution >= 4 is 29.3 Å². The summed E-state index contributed by atoms with van der Waals surface area (Å²) in [5.74, 6) is -0.907. The third-order valence-corrected chi connectivity index (χ3v) is 8.80. The van der Waals surface area contributed by atoms with Gasteiger partial charge in [0.1, 0.15) is 46.6 Å². The fraction of sp³-hybridized carbons (Fsp3) is 0.625. The number of hydrogen-bond donors (Lipinski definition) is 4. The standard InChI is InChI=1S/C24H32ClFN4O7S/c1-3-29(2)22(34)21(24(35)4-6-36-7-5-24)38-23-20(33)18(19(32)17(12-31)37-23)30-11-16(27-28-30)13-8-14(25)10-15(26)9-13/h8-11,17-21,23,31-33,35H,3-7,12H2,1-2H3/t17-,18+,19+,20-,21-,23+/m1/s1. The van der Waals surface area contributed by atoms with E-state index in [4.69, 9.17) is 21.1 Å². The number of aliphatic hydroxyl groups excluding tert-OH is 3. The van der Waals surface area contributed by atoms with Crippen LogP contribution in [0.15, 0.2) is 24.4 Å². The number of aliphatic hydroxyl groups is 4.